The first-order chi connectivity index (χ1) is 14.4. The van der Waals surface area contributed by atoms with E-state index in [1.54, 1.807) is 47.8 Å². The number of hydrogen-bond donors (Lipinski definition) is 1. The number of halogens is 1. The molecule has 0 radical (unpaired) electrons. The van der Waals surface area contributed by atoms with E-state index in [-0.39, 0.29) is 36.0 Å². The molecular formula is C22H21ClN4O3. The molecule has 154 valence electrons. The Morgan fingerprint density at radius 2 is 1.70 bits per heavy atom. The Morgan fingerprint density at radius 3 is 2.37 bits per heavy atom. The molecule has 0 bridgehead atoms. The number of carbonyl (C=O) groups excluding carboxylic acids is 2. The van der Waals surface area contributed by atoms with Gasteiger partial charge in [-0.2, -0.15) is 0 Å². The maximum atomic E-state index is 13.0. The van der Waals surface area contributed by atoms with Crippen LogP contribution in [0.3, 0.4) is 0 Å². The fourth-order valence-corrected chi connectivity index (χ4v) is 3.82. The molecule has 30 heavy (non-hydrogen) atoms. The number of rotatable bonds is 4. The highest BCUT2D eigenvalue weighted by atomic mass is 35.5. The average Bonchev–Trinajstić information content (AvgIpc) is 3.22. The van der Waals surface area contributed by atoms with Gasteiger partial charge in [-0.25, -0.2) is 4.68 Å². The van der Waals surface area contributed by atoms with Crippen molar-refractivity contribution in [3.8, 4) is 5.69 Å². The average molecular weight is 425 g/mol. The largest absolute Gasteiger partial charge is 0.320 e. The predicted octanol–water partition coefficient (Wildman–Crippen LogP) is 3.13. The van der Waals surface area contributed by atoms with Crippen molar-refractivity contribution in [3.63, 3.8) is 0 Å². The van der Waals surface area contributed by atoms with Crippen LogP contribution in [0.25, 0.3) is 5.69 Å². The van der Waals surface area contributed by atoms with E-state index in [0.29, 0.717) is 22.1 Å². The number of nitrogens with zero attached hydrogens (tertiary/aromatic N) is 3. The quantitative estimate of drug-likeness (QED) is 0.699. The Morgan fingerprint density at radius 1 is 1.03 bits per heavy atom. The van der Waals surface area contributed by atoms with Crippen LogP contribution in [0.5, 0.6) is 0 Å². The van der Waals surface area contributed by atoms with E-state index in [9.17, 15) is 14.4 Å². The molecule has 0 spiro atoms. The third kappa shape index (κ3) is 3.52. The summed E-state index contributed by atoms with van der Waals surface area (Å²) in [6.07, 6.45) is 0.0905. The van der Waals surface area contributed by atoms with Gasteiger partial charge in [-0.1, -0.05) is 29.8 Å². The van der Waals surface area contributed by atoms with Crippen LogP contribution in [0.1, 0.15) is 12.1 Å². The van der Waals surface area contributed by atoms with Crippen molar-refractivity contribution in [2.24, 2.45) is 13.0 Å². The number of carbonyl (C=O) groups is 2. The molecule has 3 aromatic rings. The monoisotopic (exact) mass is 424 g/mol. The molecule has 7 nitrogen and oxygen atoms in total. The van der Waals surface area contributed by atoms with E-state index >= 15 is 0 Å². The number of para-hydroxylation sites is 1. The summed E-state index contributed by atoms with van der Waals surface area (Å²) in [6.45, 7) is 2.03. The van der Waals surface area contributed by atoms with Crippen LogP contribution in [0.15, 0.2) is 59.4 Å². The second kappa shape index (κ2) is 7.84. The Bertz CT molecular complexity index is 1170. The molecule has 1 fully saturated rings. The van der Waals surface area contributed by atoms with Crippen molar-refractivity contribution in [2.75, 3.05) is 16.8 Å². The van der Waals surface area contributed by atoms with Crippen molar-refractivity contribution in [3.05, 3.63) is 75.7 Å². The molecule has 0 saturated carbocycles. The minimum atomic E-state index is -0.544. The standard InChI is InChI=1S/C22H21ClN4O3/c1-14-20(22(30)27(25(14)2)18-6-4-3-5-7-18)24-21(29)15-12-19(28)26(13-15)17-10-8-16(23)9-11-17/h3-11,15H,12-13H2,1-2H3,(H,24,29). The summed E-state index contributed by atoms with van der Waals surface area (Å²) in [5.74, 6) is -1.02. The summed E-state index contributed by atoms with van der Waals surface area (Å²) in [6, 6.07) is 16.1. The van der Waals surface area contributed by atoms with E-state index in [1.807, 2.05) is 30.3 Å². The molecule has 1 aromatic heterocycles. The fourth-order valence-electron chi connectivity index (χ4n) is 3.69. The van der Waals surface area contributed by atoms with Gasteiger partial charge >= 0.3 is 0 Å². The number of benzene rings is 2. The lowest BCUT2D eigenvalue weighted by Crippen LogP contribution is -2.29. The zero-order chi connectivity index (χ0) is 21.4. The molecule has 1 N–H and O–H groups in total. The molecule has 2 amide bonds. The minimum absolute atomic E-state index is 0.0905. The second-order valence-electron chi connectivity index (χ2n) is 7.31. The van der Waals surface area contributed by atoms with Crippen LogP contribution >= 0.6 is 11.6 Å². The smallest absolute Gasteiger partial charge is 0.295 e. The molecule has 8 heteroatoms. The SMILES string of the molecule is Cc1c(NC(=O)C2CC(=O)N(c3ccc(Cl)cc3)C2)c(=O)n(-c2ccccc2)n1C. The van der Waals surface area contributed by atoms with E-state index in [2.05, 4.69) is 5.32 Å². The summed E-state index contributed by atoms with van der Waals surface area (Å²) in [4.78, 5) is 39.9. The molecule has 1 aliphatic rings. The Balaban J connectivity index is 1.56. The first-order valence-corrected chi connectivity index (χ1v) is 9.95. The van der Waals surface area contributed by atoms with Crippen molar-refractivity contribution in [1.29, 1.82) is 0 Å². The highest BCUT2D eigenvalue weighted by molar-refractivity contribution is 6.30. The van der Waals surface area contributed by atoms with Crippen LogP contribution in [-0.4, -0.2) is 27.7 Å². The van der Waals surface area contributed by atoms with Gasteiger partial charge < -0.3 is 10.2 Å². The Hall–Kier alpha value is -3.32. The van der Waals surface area contributed by atoms with E-state index < -0.39 is 5.92 Å². The highest BCUT2D eigenvalue weighted by Gasteiger charge is 2.36. The van der Waals surface area contributed by atoms with Crippen molar-refractivity contribution in [2.45, 2.75) is 13.3 Å². The van der Waals surface area contributed by atoms with Crippen LogP contribution in [0, 0.1) is 12.8 Å². The van der Waals surface area contributed by atoms with E-state index in [4.69, 9.17) is 11.6 Å². The number of nitrogens with one attached hydrogen (secondary N) is 1. The van der Waals surface area contributed by atoms with Gasteiger partial charge in [0.1, 0.15) is 5.69 Å². The first kappa shape index (κ1) is 20.0. The number of hydrogen-bond acceptors (Lipinski definition) is 3. The fraction of sp³-hybridized carbons (Fsp3) is 0.227. The lowest BCUT2D eigenvalue weighted by molar-refractivity contribution is -0.122. The van der Waals surface area contributed by atoms with Gasteiger partial charge in [0, 0.05) is 30.7 Å². The number of aromatic nitrogens is 2. The van der Waals surface area contributed by atoms with Crippen LogP contribution in [0.2, 0.25) is 5.02 Å². The van der Waals surface area contributed by atoms with E-state index in [0.717, 1.165) is 0 Å². The number of amides is 2. The summed E-state index contributed by atoms with van der Waals surface area (Å²) in [7, 11) is 1.76. The van der Waals surface area contributed by atoms with Gasteiger partial charge in [-0.3, -0.25) is 19.1 Å². The molecule has 1 unspecified atom stereocenters. The lowest BCUT2D eigenvalue weighted by atomic mass is 10.1. The third-order valence-corrected chi connectivity index (χ3v) is 5.69. The van der Waals surface area contributed by atoms with Gasteiger partial charge in [0.05, 0.1) is 17.3 Å². The van der Waals surface area contributed by atoms with Crippen LogP contribution in [-0.2, 0) is 16.6 Å². The molecule has 2 heterocycles. The van der Waals surface area contributed by atoms with Crippen LogP contribution in [0.4, 0.5) is 11.4 Å². The van der Waals surface area contributed by atoms with Gasteiger partial charge in [0.2, 0.25) is 11.8 Å². The zero-order valence-electron chi connectivity index (χ0n) is 16.6. The van der Waals surface area contributed by atoms with Gasteiger partial charge in [-0.15, -0.1) is 0 Å². The minimum Gasteiger partial charge on any atom is -0.320 e. The first-order valence-electron chi connectivity index (χ1n) is 9.57. The maximum absolute atomic E-state index is 13.0. The summed E-state index contributed by atoms with van der Waals surface area (Å²) in [5.41, 5.74) is 1.95. The molecule has 2 aromatic carbocycles. The molecule has 1 saturated heterocycles. The zero-order valence-corrected chi connectivity index (χ0v) is 17.4. The Labute approximate surface area is 178 Å². The van der Waals surface area contributed by atoms with Crippen LogP contribution < -0.4 is 15.8 Å². The topological polar surface area (TPSA) is 76.3 Å². The Kier molecular flexibility index (Phi) is 5.22. The van der Waals surface area contributed by atoms with Crippen molar-refractivity contribution in [1.82, 2.24) is 9.36 Å². The molecular weight excluding hydrogens is 404 g/mol. The van der Waals surface area contributed by atoms with Crippen molar-refractivity contribution < 1.29 is 9.59 Å². The molecule has 4 rings (SSSR count). The summed E-state index contributed by atoms with van der Waals surface area (Å²) >= 11 is 5.91. The van der Waals surface area contributed by atoms with E-state index in [1.165, 1.54) is 4.68 Å². The van der Waals surface area contributed by atoms with Crippen molar-refractivity contribution >= 4 is 34.8 Å². The highest BCUT2D eigenvalue weighted by Crippen LogP contribution is 2.27. The van der Waals surface area contributed by atoms with Gasteiger partial charge in [0.15, 0.2) is 0 Å². The van der Waals surface area contributed by atoms with Gasteiger partial charge in [-0.05, 0) is 43.3 Å². The maximum Gasteiger partial charge on any atom is 0.295 e. The molecule has 1 aliphatic heterocycles. The third-order valence-electron chi connectivity index (χ3n) is 5.44. The lowest BCUT2D eigenvalue weighted by Gasteiger charge is -2.16. The normalized spacial score (nSPS) is 16.2. The summed E-state index contributed by atoms with van der Waals surface area (Å²) in [5, 5.41) is 3.34. The van der Waals surface area contributed by atoms with Gasteiger partial charge in [0.25, 0.3) is 5.56 Å². The second-order valence-corrected chi connectivity index (χ2v) is 7.74. The predicted molar refractivity (Wildman–Crippen MR) is 116 cm³/mol. The molecule has 0 aliphatic carbocycles. The summed E-state index contributed by atoms with van der Waals surface area (Å²) < 4.78 is 3.21. The number of anilines is 2. The molecule has 1 atom stereocenters.